The van der Waals surface area contributed by atoms with E-state index >= 15 is 0 Å². The highest BCUT2D eigenvalue weighted by atomic mass is 35.5. The van der Waals surface area contributed by atoms with E-state index < -0.39 is 21.3 Å². The number of hydrogen-bond donors (Lipinski definition) is 1. The molecule has 3 atom stereocenters. The maximum absolute atomic E-state index is 13.9. The molecule has 0 aromatic heterocycles. The highest BCUT2D eigenvalue weighted by Gasteiger charge is 2.42. The number of ether oxygens (including phenoxy) is 1. The molecule has 2 aromatic rings. The molecule has 2 aliphatic rings. The van der Waals surface area contributed by atoms with Gasteiger partial charge in [0.15, 0.2) is 15.4 Å². The van der Waals surface area contributed by atoms with Gasteiger partial charge in [0.05, 0.1) is 14.9 Å². The van der Waals surface area contributed by atoms with Crippen molar-refractivity contribution in [3.63, 3.8) is 0 Å². The van der Waals surface area contributed by atoms with E-state index in [4.69, 9.17) is 27.9 Å². The Morgan fingerprint density at radius 3 is 2.24 bits per heavy atom. The number of carbonyl (C=O) groups is 1. The van der Waals surface area contributed by atoms with Crippen LogP contribution in [0, 0.1) is 5.82 Å². The van der Waals surface area contributed by atoms with Gasteiger partial charge in [0.25, 0.3) is 5.91 Å². The van der Waals surface area contributed by atoms with Gasteiger partial charge < -0.3 is 15.0 Å². The molecule has 4 rings (SSSR count). The van der Waals surface area contributed by atoms with Crippen LogP contribution in [0.15, 0.2) is 41.3 Å². The molecule has 1 amide bonds. The summed E-state index contributed by atoms with van der Waals surface area (Å²) in [6.45, 7) is 3.22. The highest BCUT2D eigenvalue weighted by molar-refractivity contribution is 7.90. The van der Waals surface area contributed by atoms with Crippen molar-refractivity contribution in [3.8, 4) is 5.75 Å². The number of halogens is 3. The molecule has 2 aliphatic heterocycles. The molecule has 184 valence electrons. The van der Waals surface area contributed by atoms with Crippen LogP contribution in [0.5, 0.6) is 5.75 Å². The first-order valence-corrected chi connectivity index (χ1v) is 13.7. The second kappa shape index (κ2) is 9.21. The van der Waals surface area contributed by atoms with Crippen LogP contribution < -0.4 is 15.0 Å². The number of nitrogens with zero attached hydrogens (tertiary/aromatic N) is 1. The van der Waals surface area contributed by atoms with Crippen molar-refractivity contribution in [2.24, 2.45) is 0 Å². The van der Waals surface area contributed by atoms with Crippen molar-refractivity contribution in [1.29, 1.82) is 0 Å². The SMILES string of the molecule is CC(C)(Oc1cc(F)c(Cl)cc1Cl)C(=O)NC1C[C@H]2CC[C@@H](C1)N2c1ccc(S(C)(=O)=O)cc1. The zero-order valence-electron chi connectivity index (χ0n) is 19.1. The normalized spacial score (nSPS) is 22.5. The third-order valence-electron chi connectivity index (χ3n) is 6.52. The molecule has 2 heterocycles. The van der Waals surface area contributed by atoms with Crippen LogP contribution in [0.3, 0.4) is 0 Å². The van der Waals surface area contributed by atoms with E-state index in [0.717, 1.165) is 37.4 Å². The van der Waals surface area contributed by atoms with Gasteiger partial charge in [-0.2, -0.15) is 0 Å². The van der Waals surface area contributed by atoms with E-state index in [1.807, 2.05) is 12.1 Å². The lowest BCUT2D eigenvalue weighted by Gasteiger charge is -2.41. The number of amides is 1. The average molecular weight is 529 g/mol. The first kappa shape index (κ1) is 25.1. The maximum atomic E-state index is 13.9. The van der Waals surface area contributed by atoms with E-state index in [0.29, 0.717) is 4.90 Å². The molecule has 0 saturated carbocycles. The van der Waals surface area contributed by atoms with Gasteiger partial charge in [-0.1, -0.05) is 23.2 Å². The Kier molecular flexibility index (Phi) is 6.79. The standard InChI is InChI=1S/C24H27Cl2FN2O4S/c1-24(2,33-22-13-21(27)19(25)12-20(22)26)23(30)28-14-10-16-4-5-17(11-14)29(16)15-6-8-18(9-7-15)34(3,31)32/h6-9,12-14,16-17H,4-5,10-11H2,1-3H3,(H,28,30)/t14?,16-,17+. The Labute approximate surface area is 209 Å². The second-order valence-corrected chi connectivity index (χ2v) is 12.3. The molecule has 1 N–H and O–H groups in total. The zero-order chi connectivity index (χ0) is 24.8. The smallest absolute Gasteiger partial charge is 0.263 e. The number of anilines is 1. The first-order valence-electron chi connectivity index (χ1n) is 11.1. The number of sulfone groups is 1. The summed E-state index contributed by atoms with van der Waals surface area (Å²) in [7, 11) is -3.24. The van der Waals surface area contributed by atoms with Gasteiger partial charge in [0.1, 0.15) is 11.6 Å². The molecular weight excluding hydrogens is 502 g/mol. The quantitative estimate of drug-likeness (QED) is 0.533. The monoisotopic (exact) mass is 528 g/mol. The van der Waals surface area contributed by atoms with Crippen molar-refractivity contribution in [2.45, 2.75) is 68.2 Å². The van der Waals surface area contributed by atoms with Crippen molar-refractivity contribution >= 4 is 44.6 Å². The summed E-state index contributed by atoms with van der Waals surface area (Å²) in [4.78, 5) is 15.7. The summed E-state index contributed by atoms with van der Waals surface area (Å²) in [5.74, 6) is -0.934. The summed E-state index contributed by atoms with van der Waals surface area (Å²) >= 11 is 11.9. The zero-order valence-corrected chi connectivity index (χ0v) is 21.5. The number of benzene rings is 2. The van der Waals surface area contributed by atoms with Crippen LogP contribution in [-0.2, 0) is 14.6 Å². The minimum Gasteiger partial charge on any atom is -0.476 e. The average Bonchev–Trinajstić information content (AvgIpc) is 3.01. The number of piperidine rings is 1. The Morgan fingerprint density at radius 1 is 1.09 bits per heavy atom. The van der Waals surface area contributed by atoms with Crippen LogP contribution in [-0.4, -0.2) is 44.3 Å². The van der Waals surface area contributed by atoms with E-state index in [9.17, 15) is 17.6 Å². The molecule has 2 saturated heterocycles. The molecule has 0 radical (unpaired) electrons. The number of carbonyl (C=O) groups excluding carboxylic acids is 1. The van der Waals surface area contributed by atoms with Crippen LogP contribution in [0.1, 0.15) is 39.5 Å². The van der Waals surface area contributed by atoms with Gasteiger partial charge in [0, 0.05) is 36.1 Å². The fourth-order valence-electron chi connectivity index (χ4n) is 4.84. The molecule has 2 fully saturated rings. The Balaban J connectivity index is 1.42. The van der Waals surface area contributed by atoms with Gasteiger partial charge in [-0.3, -0.25) is 4.79 Å². The van der Waals surface area contributed by atoms with Gasteiger partial charge in [0.2, 0.25) is 0 Å². The molecular formula is C24H27Cl2FN2O4S. The summed E-state index contributed by atoms with van der Waals surface area (Å²) in [5.41, 5.74) is -0.283. The number of rotatable bonds is 6. The van der Waals surface area contributed by atoms with Crippen molar-refractivity contribution in [1.82, 2.24) is 5.32 Å². The summed E-state index contributed by atoms with van der Waals surface area (Å²) in [6.07, 6.45) is 4.74. The fourth-order valence-corrected chi connectivity index (χ4v) is 5.90. The van der Waals surface area contributed by atoms with Crippen LogP contribution in [0.2, 0.25) is 10.0 Å². The largest absolute Gasteiger partial charge is 0.476 e. The fraction of sp³-hybridized carbons (Fsp3) is 0.458. The van der Waals surface area contributed by atoms with Crippen molar-refractivity contribution < 1.29 is 22.3 Å². The Morgan fingerprint density at radius 2 is 1.68 bits per heavy atom. The summed E-state index contributed by atoms with van der Waals surface area (Å²) in [6, 6.07) is 9.78. The van der Waals surface area contributed by atoms with Crippen molar-refractivity contribution in [2.75, 3.05) is 11.2 Å². The second-order valence-electron chi connectivity index (χ2n) is 9.51. The lowest BCUT2D eigenvalue weighted by Crippen LogP contribution is -2.55. The Bertz CT molecular complexity index is 1190. The summed E-state index contributed by atoms with van der Waals surface area (Å²) < 4.78 is 43.1. The lowest BCUT2D eigenvalue weighted by atomic mass is 9.95. The first-order chi connectivity index (χ1) is 15.8. The molecule has 10 heteroatoms. The van der Waals surface area contributed by atoms with Crippen molar-refractivity contribution in [3.05, 3.63) is 52.3 Å². The molecule has 34 heavy (non-hydrogen) atoms. The topological polar surface area (TPSA) is 75.7 Å². The Hall–Kier alpha value is -2.03. The summed E-state index contributed by atoms with van der Waals surface area (Å²) in [5, 5.41) is 3.10. The molecule has 2 bridgehead atoms. The van der Waals surface area contributed by atoms with E-state index in [1.54, 1.807) is 26.0 Å². The van der Waals surface area contributed by atoms with Gasteiger partial charge in [-0.05, 0) is 69.9 Å². The molecule has 1 unspecified atom stereocenters. The molecule has 2 aromatic carbocycles. The molecule has 0 aliphatic carbocycles. The number of fused-ring (bicyclic) bond motifs is 2. The highest BCUT2D eigenvalue weighted by Crippen LogP contribution is 2.40. The van der Waals surface area contributed by atoms with Gasteiger partial charge in [-0.15, -0.1) is 0 Å². The van der Waals surface area contributed by atoms with Crippen LogP contribution in [0.4, 0.5) is 10.1 Å². The van der Waals surface area contributed by atoms with E-state index in [1.165, 1.54) is 12.3 Å². The third kappa shape index (κ3) is 5.14. The number of nitrogens with one attached hydrogen (secondary N) is 1. The third-order valence-corrected chi connectivity index (χ3v) is 8.23. The lowest BCUT2D eigenvalue weighted by molar-refractivity contribution is -0.135. The molecule has 6 nitrogen and oxygen atoms in total. The minimum absolute atomic E-state index is 0.0307. The van der Waals surface area contributed by atoms with E-state index in [2.05, 4.69) is 10.2 Å². The predicted molar refractivity (Wildman–Crippen MR) is 131 cm³/mol. The maximum Gasteiger partial charge on any atom is 0.263 e. The van der Waals surface area contributed by atoms with Gasteiger partial charge in [-0.25, -0.2) is 12.8 Å². The van der Waals surface area contributed by atoms with Gasteiger partial charge >= 0.3 is 0 Å². The van der Waals surface area contributed by atoms with E-state index in [-0.39, 0.29) is 39.8 Å². The molecule has 0 spiro atoms. The number of hydrogen-bond acceptors (Lipinski definition) is 5. The van der Waals surface area contributed by atoms with Crippen LogP contribution in [0.25, 0.3) is 0 Å². The predicted octanol–water partition coefficient (Wildman–Crippen LogP) is 5.01. The van der Waals surface area contributed by atoms with Crippen LogP contribution >= 0.6 is 23.2 Å². The minimum atomic E-state index is -3.24.